The fourth-order valence-electron chi connectivity index (χ4n) is 2.07. The maximum Gasteiger partial charge on any atom is 0.240 e. The van der Waals surface area contributed by atoms with Crippen LogP contribution in [0.15, 0.2) is 35.5 Å². The normalized spacial score (nSPS) is 12.4. The summed E-state index contributed by atoms with van der Waals surface area (Å²) in [5, 5.41) is 7.47. The second kappa shape index (κ2) is 7.45. The van der Waals surface area contributed by atoms with Crippen LogP contribution in [0, 0.1) is 0 Å². The Kier molecular flexibility index (Phi) is 5.60. The van der Waals surface area contributed by atoms with Gasteiger partial charge < -0.3 is 4.90 Å². The van der Waals surface area contributed by atoms with Crippen molar-refractivity contribution in [1.82, 2.24) is 15.2 Å². The van der Waals surface area contributed by atoms with Gasteiger partial charge in [-0.1, -0.05) is 43.8 Å². The van der Waals surface area contributed by atoms with E-state index < -0.39 is 0 Å². The zero-order chi connectivity index (χ0) is 16.1. The molecule has 1 aromatic carbocycles. The minimum absolute atomic E-state index is 0.0644. The summed E-state index contributed by atoms with van der Waals surface area (Å²) in [5.41, 5.74) is 0.917. The Balaban J connectivity index is 2.07. The molecule has 22 heavy (non-hydrogen) atoms. The summed E-state index contributed by atoms with van der Waals surface area (Å²) in [6, 6.07) is 9.71. The monoisotopic (exact) mass is 318 g/mol. The molecule has 1 heterocycles. The fourth-order valence-corrected chi connectivity index (χ4v) is 2.86. The molecular weight excluding hydrogens is 296 g/mol. The number of aromatic nitrogens is 3. The third-order valence-electron chi connectivity index (χ3n) is 3.31. The second-order valence-corrected chi connectivity index (χ2v) is 6.64. The van der Waals surface area contributed by atoms with Gasteiger partial charge in [0.15, 0.2) is 0 Å². The number of carbonyl (C=O) groups excluding carboxylic acids is 1. The highest BCUT2D eigenvalue weighted by atomic mass is 32.2. The predicted molar refractivity (Wildman–Crippen MR) is 90.3 cm³/mol. The molecule has 0 bridgehead atoms. The van der Waals surface area contributed by atoms with E-state index in [-0.39, 0.29) is 11.2 Å². The zero-order valence-corrected chi connectivity index (χ0v) is 14.2. The van der Waals surface area contributed by atoms with Gasteiger partial charge in [-0.15, -0.1) is 5.10 Å². The van der Waals surface area contributed by atoms with Crippen LogP contribution >= 0.6 is 11.8 Å². The maximum absolute atomic E-state index is 12.7. The number of benzene rings is 1. The zero-order valence-electron chi connectivity index (χ0n) is 13.4. The highest BCUT2D eigenvalue weighted by molar-refractivity contribution is 8.00. The van der Waals surface area contributed by atoms with Gasteiger partial charge in [0.2, 0.25) is 11.1 Å². The molecule has 0 aliphatic carbocycles. The number of nitrogens with one attached hydrogen (secondary N) is 1. The molecule has 0 fully saturated rings. The number of H-pyrrole nitrogens is 1. The highest BCUT2D eigenvalue weighted by Gasteiger charge is 2.23. The predicted octanol–water partition coefficient (Wildman–Crippen LogP) is 3.46. The number of amides is 1. The van der Waals surface area contributed by atoms with E-state index in [0.717, 1.165) is 11.5 Å². The Morgan fingerprint density at radius 3 is 2.50 bits per heavy atom. The van der Waals surface area contributed by atoms with Crippen LogP contribution in [0.1, 0.15) is 39.4 Å². The third kappa shape index (κ3) is 3.88. The van der Waals surface area contributed by atoms with Gasteiger partial charge in [0.25, 0.3) is 0 Å². The summed E-state index contributed by atoms with van der Waals surface area (Å²) in [4.78, 5) is 18.9. The fraction of sp³-hybridized carbons (Fsp3) is 0.438. The molecule has 0 unspecified atom stereocenters. The van der Waals surface area contributed by atoms with Crippen LogP contribution in [-0.2, 0) is 4.79 Å². The first-order valence-electron chi connectivity index (χ1n) is 7.48. The molecule has 5 nitrogen and oxygen atoms in total. The molecule has 0 radical (unpaired) electrons. The smallest absolute Gasteiger partial charge is 0.240 e. The maximum atomic E-state index is 12.7. The lowest BCUT2D eigenvalue weighted by atomic mass is 10.2. The first kappa shape index (κ1) is 16.5. The van der Waals surface area contributed by atoms with Crippen LogP contribution in [0.4, 0.5) is 5.69 Å². The van der Waals surface area contributed by atoms with Crippen molar-refractivity contribution >= 4 is 23.4 Å². The Morgan fingerprint density at radius 2 is 1.95 bits per heavy atom. The SMILES string of the molecule is CCN(C(=O)[C@@H](C)Sc1n[nH]c(C(C)C)n1)c1ccccc1. The van der Waals surface area contributed by atoms with Gasteiger partial charge in [0.1, 0.15) is 5.82 Å². The molecule has 2 aromatic rings. The van der Waals surface area contributed by atoms with Crippen LogP contribution in [0.2, 0.25) is 0 Å². The quantitative estimate of drug-likeness (QED) is 0.829. The van der Waals surface area contributed by atoms with Crippen molar-refractivity contribution in [1.29, 1.82) is 0 Å². The first-order chi connectivity index (χ1) is 10.5. The number of aromatic amines is 1. The largest absolute Gasteiger partial charge is 0.312 e. The summed E-state index contributed by atoms with van der Waals surface area (Å²) in [7, 11) is 0. The molecule has 2 rings (SSSR count). The second-order valence-electron chi connectivity index (χ2n) is 5.34. The summed E-state index contributed by atoms with van der Waals surface area (Å²) >= 11 is 1.38. The molecule has 0 saturated heterocycles. The van der Waals surface area contributed by atoms with E-state index in [0.29, 0.717) is 17.6 Å². The van der Waals surface area contributed by atoms with Crippen LogP contribution in [0.3, 0.4) is 0 Å². The van der Waals surface area contributed by atoms with Crippen molar-refractivity contribution in [2.45, 2.75) is 44.0 Å². The molecule has 1 N–H and O–H groups in total. The van der Waals surface area contributed by atoms with Gasteiger partial charge in [0, 0.05) is 18.2 Å². The molecule has 0 saturated carbocycles. The summed E-state index contributed by atoms with van der Waals surface area (Å²) in [5.74, 6) is 1.21. The number of anilines is 1. The van der Waals surface area contributed by atoms with Gasteiger partial charge in [-0.2, -0.15) is 0 Å². The average Bonchev–Trinajstić information content (AvgIpc) is 2.97. The molecule has 1 aromatic heterocycles. The number of nitrogens with zero attached hydrogens (tertiary/aromatic N) is 3. The summed E-state index contributed by atoms with van der Waals surface area (Å²) in [6.07, 6.45) is 0. The third-order valence-corrected chi connectivity index (χ3v) is 4.26. The number of thioether (sulfide) groups is 1. The molecule has 1 amide bonds. The molecule has 0 aliphatic heterocycles. The summed E-state index contributed by atoms with van der Waals surface area (Å²) in [6.45, 7) is 8.62. The topological polar surface area (TPSA) is 61.9 Å². The first-order valence-corrected chi connectivity index (χ1v) is 8.36. The molecule has 0 aliphatic rings. The lowest BCUT2D eigenvalue weighted by Crippen LogP contribution is -2.36. The van der Waals surface area contributed by atoms with Crippen LogP contribution in [-0.4, -0.2) is 32.9 Å². The van der Waals surface area contributed by atoms with Gasteiger partial charge >= 0.3 is 0 Å². The van der Waals surface area contributed by atoms with E-state index in [1.54, 1.807) is 4.90 Å². The van der Waals surface area contributed by atoms with Crippen molar-refractivity contribution in [3.8, 4) is 0 Å². The van der Waals surface area contributed by atoms with Crippen LogP contribution in [0.5, 0.6) is 0 Å². The Morgan fingerprint density at radius 1 is 1.27 bits per heavy atom. The van der Waals surface area contributed by atoms with Gasteiger partial charge in [-0.05, 0) is 26.0 Å². The number of carbonyl (C=O) groups is 1. The van der Waals surface area contributed by atoms with Crippen molar-refractivity contribution < 1.29 is 4.79 Å². The Hall–Kier alpha value is -1.82. The van der Waals surface area contributed by atoms with Crippen molar-refractivity contribution in [2.75, 3.05) is 11.4 Å². The Labute approximate surface area is 135 Å². The van der Waals surface area contributed by atoms with E-state index in [1.807, 2.05) is 44.2 Å². The minimum atomic E-state index is -0.240. The number of para-hydroxylation sites is 1. The van der Waals surface area contributed by atoms with Gasteiger partial charge in [-0.25, -0.2) is 4.98 Å². The number of hydrogen-bond donors (Lipinski definition) is 1. The molecule has 118 valence electrons. The van der Waals surface area contributed by atoms with Crippen LogP contribution < -0.4 is 4.90 Å². The lowest BCUT2D eigenvalue weighted by molar-refractivity contribution is -0.117. The van der Waals surface area contributed by atoms with Crippen LogP contribution in [0.25, 0.3) is 0 Å². The summed E-state index contributed by atoms with van der Waals surface area (Å²) < 4.78 is 0. The molecule has 6 heteroatoms. The molecular formula is C16H22N4OS. The van der Waals surface area contributed by atoms with Crippen molar-refractivity contribution in [2.24, 2.45) is 0 Å². The molecule has 0 spiro atoms. The van der Waals surface area contributed by atoms with E-state index in [9.17, 15) is 4.79 Å². The Bertz CT molecular complexity index is 612. The van der Waals surface area contributed by atoms with Gasteiger partial charge in [0.05, 0.1) is 5.25 Å². The van der Waals surface area contributed by atoms with E-state index in [2.05, 4.69) is 29.0 Å². The molecule has 1 atom stereocenters. The number of hydrogen-bond acceptors (Lipinski definition) is 4. The van der Waals surface area contributed by atoms with E-state index in [1.165, 1.54) is 11.8 Å². The van der Waals surface area contributed by atoms with Crippen molar-refractivity contribution in [3.63, 3.8) is 0 Å². The minimum Gasteiger partial charge on any atom is -0.312 e. The van der Waals surface area contributed by atoms with Crippen molar-refractivity contribution in [3.05, 3.63) is 36.2 Å². The number of rotatable bonds is 6. The van der Waals surface area contributed by atoms with E-state index in [4.69, 9.17) is 0 Å². The lowest BCUT2D eigenvalue weighted by Gasteiger charge is -2.23. The highest BCUT2D eigenvalue weighted by Crippen LogP contribution is 2.24. The average molecular weight is 318 g/mol. The van der Waals surface area contributed by atoms with Gasteiger partial charge in [-0.3, -0.25) is 9.89 Å². The standard InChI is InChI=1S/C16H22N4OS/c1-5-20(13-9-7-6-8-10-13)15(21)12(4)22-16-17-14(11(2)3)18-19-16/h6-12H,5H2,1-4H3,(H,17,18,19)/t12-/m1/s1. The van der Waals surface area contributed by atoms with E-state index >= 15 is 0 Å².